The zero-order valence-electron chi connectivity index (χ0n) is 11.7. The molecule has 5 nitrogen and oxygen atoms in total. The van der Waals surface area contributed by atoms with Crippen molar-refractivity contribution in [1.82, 2.24) is 9.80 Å². The third-order valence-corrected chi connectivity index (χ3v) is 3.35. The highest BCUT2D eigenvalue weighted by Crippen LogP contribution is 2.20. The van der Waals surface area contributed by atoms with Crippen molar-refractivity contribution < 1.29 is 9.59 Å². The van der Waals surface area contributed by atoms with Gasteiger partial charge in [0.1, 0.15) is 6.04 Å². The minimum Gasteiger partial charge on any atom is -0.347 e. The van der Waals surface area contributed by atoms with Crippen LogP contribution in [0, 0.1) is 0 Å². The fourth-order valence-corrected chi connectivity index (χ4v) is 2.34. The molecular weight excluding hydrogens is 230 g/mol. The molecule has 0 spiro atoms. The van der Waals surface area contributed by atoms with Crippen LogP contribution in [0.3, 0.4) is 0 Å². The van der Waals surface area contributed by atoms with Crippen LogP contribution in [0.5, 0.6) is 0 Å². The fourth-order valence-electron chi connectivity index (χ4n) is 2.34. The van der Waals surface area contributed by atoms with Gasteiger partial charge in [-0.25, -0.2) is 0 Å². The summed E-state index contributed by atoms with van der Waals surface area (Å²) in [5.74, 6) is 0.126. The first-order chi connectivity index (χ1) is 8.43. The second-order valence-corrected chi connectivity index (χ2v) is 5.35. The first-order valence-corrected chi connectivity index (χ1v) is 6.69. The van der Waals surface area contributed by atoms with E-state index in [2.05, 4.69) is 0 Å². The number of rotatable bonds is 5. The monoisotopic (exact) mass is 255 g/mol. The topological polar surface area (TPSA) is 66.6 Å². The number of carbonyl (C=O) groups is 2. The third kappa shape index (κ3) is 3.98. The Morgan fingerprint density at radius 3 is 2.67 bits per heavy atom. The summed E-state index contributed by atoms with van der Waals surface area (Å²) in [7, 11) is 3.47. The predicted molar refractivity (Wildman–Crippen MR) is 70.9 cm³/mol. The lowest BCUT2D eigenvalue weighted by atomic mass is 10.1. The summed E-state index contributed by atoms with van der Waals surface area (Å²) in [6.45, 7) is 2.65. The highest BCUT2D eigenvalue weighted by Gasteiger charge is 2.34. The lowest BCUT2D eigenvalue weighted by Gasteiger charge is -2.26. The summed E-state index contributed by atoms with van der Waals surface area (Å²) < 4.78 is 0. The smallest absolute Gasteiger partial charge is 0.244 e. The van der Waals surface area contributed by atoms with E-state index in [1.807, 2.05) is 6.92 Å². The minimum absolute atomic E-state index is 0.0352. The molecule has 0 aromatic carbocycles. The van der Waals surface area contributed by atoms with Gasteiger partial charge in [-0.1, -0.05) is 0 Å². The molecule has 1 heterocycles. The van der Waals surface area contributed by atoms with Crippen molar-refractivity contribution in [2.24, 2.45) is 5.73 Å². The number of hydrogen-bond donors (Lipinski definition) is 1. The molecule has 2 unspecified atom stereocenters. The molecular formula is C13H25N3O2. The van der Waals surface area contributed by atoms with Crippen molar-refractivity contribution >= 4 is 11.8 Å². The number of likely N-dealkylation sites (N-methyl/N-ethyl adjacent to an activating group) is 1. The molecule has 2 amide bonds. The molecule has 18 heavy (non-hydrogen) atoms. The maximum atomic E-state index is 12.1. The molecule has 2 N–H and O–H groups in total. The third-order valence-electron chi connectivity index (χ3n) is 3.35. The number of hydrogen-bond acceptors (Lipinski definition) is 3. The Hall–Kier alpha value is -1.10. The Balaban J connectivity index is 2.48. The van der Waals surface area contributed by atoms with E-state index >= 15 is 0 Å². The summed E-state index contributed by atoms with van der Waals surface area (Å²) in [6, 6.07) is -0.113. The van der Waals surface area contributed by atoms with E-state index in [-0.39, 0.29) is 23.9 Å². The maximum absolute atomic E-state index is 12.1. The summed E-state index contributed by atoms with van der Waals surface area (Å²) >= 11 is 0. The van der Waals surface area contributed by atoms with Gasteiger partial charge in [-0.05, 0) is 32.6 Å². The van der Waals surface area contributed by atoms with Crippen LogP contribution in [0.1, 0.15) is 39.0 Å². The van der Waals surface area contributed by atoms with Gasteiger partial charge in [0.15, 0.2) is 0 Å². The summed E-state index contributed by atoms with van der Waals surface area (Å²) in [6.07, 6.45) is 3.86. The Kier molecular flexibility index (Phi) is 5.59. The number of likely N-dealkylation sites (tertiary alicyclic amines) is 1. The van der Waals surface area contributed by atoms with Crippen molar-refractivity contribution in [2.45, 2.75) is 51.1 Å². The van der Waals surface area contributed by atoms with E-state index < -0.39 is 0 Å². The van der Waals surface area contributed by atoms with Crippen LogP contribution in [0.25, 0.3) is 0 Å². The van der Waals surface area contributed by atoms with Gasteiger partial charge in [0.25, 0.3) is 0 Å². The van der Waals surface area contributed by atoms with Crippen LogP contribution in [0.4, 0.5) is 0 Å². The summed E-state index contributed by atoms with van der Waals surface area (Å²) in [5, 5.41) is 0. The van der Waals surface area contributed by atoms with Crippen LogP contribution >= 0.6 is 0 Å². The molecule has 1 saturated heterocycles. The lowest BCUT2D eigenvalue weighted by molar-refractivity contribution is -0.142. The van der Waals surface area contributed by atoms with Crippen LogP contribution in [0.15, 0.2) is 0 Å². The number of nitrogens with two attached hydrogens (primary N) is 1. The van der Waals surface area contributed by atoms with Crippen LogP contribution in [-0.2, 0) is 9.59 Å². The van der Waals surface area contributed by atoms with E-state index in [9.17, 15) is 9.59 Å². The molecule has 0 aromatic rings. The number of nitrogens with zero attached hydrogens (tertiary/aromatic N) is 2. The highest BCUT2D eigenvalue weighted by atomic mass is 16.2. The second kappa shape index (κ2) is 6.73. The highest BCUT2D eigenvalue weighted by molar-refractivity contribution is 5.88. The van der Waals surface area contributed by atoms with E-state index in [4.69, 9.17) is 5.73 Å². The van der Waals surface area contributed by atoms with E-state index in [1.54, 1.807) is 23.9 Å². The molecule has 1 aliphatic heterocycles. The quantitative estimate of drug-likeness (QED) is 0.781. The largest absolute Gasteiger partial charge is 0.347 e. The van der Waals surface area contributed by atoms with Crippen molar-refractivity contribution in [3.05, 3.63) is 0 Å². The predicted octanol–water partition coefficient (Wildman–Crippen LogP) is 0.583. The number of carbonyl (C=O) groups excluding carboxylic acids is 2. The van der Waals surface area contributed by atoms with Gasteiger partial charge in [-0.2, -0.15) is 0 Å². The lowest BCUT2D eigenvalue weighted by Crippen LogP contribution is -2.45. The Morgan fingerprint density at radius 2 is 2.11 bits per heavy atom. The van der Waals surface area contributed by atoms with Crippen molar-refractivity contribution in [3.8, 4) is 0 Å². The molecule has 0 aliphatic carbocycles. The molecule has 1 aliphatic rings. The first kappa shape index (κ1) is 15.0. The molecule has 0 bridgehead atoms. The van der Waals surface area contributed by atoms with Crippen molar-refractivity contribution in [3.63, 3.8) is 0 Å². The van der Waals surface area contributed by atoms with Gasteiger partial charge in [-0.15, -0.1) is 0 Å². The van der Waals surface area contributed by atoms with Gasteiger partial charge in [0, 0.05) is 33.1 Å². The second-order valence-electron chi connectivity index (χ2n) is 5.35. The van der Waals surface area contributed by atoms with E-state index in [1.165, 1.54) is 0 Å². The normalized spacial score (nSPS) is 20.9. The molecule has 104 valence electrons. The van der Waals surface area contributed by atoms with Gasteiger partial charge < -0.3 is 15.5 Å². The zero-order valence-corrected chi connectivity index (χ0v) is 11.7. The molecule has 0 radical (unpaired) electrons. The molecule has 5 heteroatoms. The average Bonchev–Trinajstić information content (AvgIpc) is 2.75. The molecule has 0 aromatic heterocycles. The maximum Gasteiger partial charge on any atom is 0.244 e. The average molecular weight is 255 g/mol. The minimum atomic E-state index is -0.247. The summed E-state index contributed by atoms with van der Waals surface area (Å²) in [5.41, 5.74) is 5.66. The van der Waals surface area contributed by atoms with Crippen molar-refractivity contribution in [1.29, 1.82) is 0 Å². The Bertz CT molecular complexity index is 303. The van der Waals surface area contributed by atoms with Gasteiger partial charge in [0.2, 0.25) is 11.8 Å². The van der Waals surface area contributed by atoms with Crippen LogP contribution < -0.4 is 5.73 Å². The van der Waals surface area contributed by atoms with Gasteiger partial charge in [0.05, 0.1) is 0 Å². The fraction of sp³-hybridized carbons (Fsp3) is 0.846. The summed E-state index contributed by atoms with van der Waals surface area (Å²) in [4.78, 5) is 27.3. The Labute approximate surface area is 109 Å². The zero-order chi connectivity index (χ0) is 13.7. The SMILES string of the molecule is CC(N)CCCC(=O)N1CCCC1C(=O)N(C)C. The van der Waals surface area contributed by atoms with E-state index in [0.29, 0.717) is 13.0 Å². The van der Waals surface area contributed by atoms with Crippen LogP contribution in [0.2, 0.25) is 0 Å². The Morgan fingerprint density at radius 1 is 1.44 bits per heavy atom. The first-order valence-electron chi connectivity index (χ1n) is 6.69. The standard InChI is InChI=1S/C13H25N3O2/c1-10(14)6-4-8-12(17)16-9-5-7-11(16)13(18)15(2)3/h10-11H,4-9,14H2,1-3H3. The molecule has 1 rings (SSSR count). The van der Waals surface area contributed by atoms with Crippen molar-refractivity contribution in [2.75, 3.05) is 20.6 Å². The number of amides is 2. The molecule has 2 atom stereocenters. The van der Waals surface area contributed by atoms with Gasteiger partial charge in [-0.3, -0.25) is 9.59 Å². The molecule has 0 saturated carbocycles. The van der Waals surface area contributed by atoms with Gasteiger partial charge >= 0.3 is 0 Å². The van der Waals surface area contributed by atoms with E-state index in [0.717, 1.165) is 25.7 Å². The van der Waals surface area contributed by atoms with Crippen LogP contribution in [-0.4, -0.2) is 54.3 Å². The molecule has 1 fully saturated rings.